The number of nitrogens with zero attached hydrogens (tertiary/aromatic N) is 1. The van der Waals surface area contributed by atoms with E-state index >= 15 is 0 Å². The van der Waals surface area contributed by atoms with Crippen LogP contribution in [-0.2, 0) is 4.79 Å². The summed E-state index contributed by atoms with van der Waals surface area (Å²) < 4.78 is 26.6. The molecule has 0 spiro atoms. The number of anilines is 2. The van der Waals surface area contributed by atoms with Gasteiger partial charge in [-0.25, -0.2) is 8.78 Å². The van der Waals surface area contributed by atoms with Crippen LogP contribution in [0.4, 0.5) is 20.2 Å². The predicted octanol–water partition coefficient (Wildman–Crippen LogP) is 4.73. The van der Waals surface area contributed by atoms with E-state index in [9.17, 15) is 13.6 Å². The topological polar surface area (TPSA) is 64.9 Å². The third kappa shape index (κ3) is 4.22. The van der Waals surface area contributed by atoms with Crippen LogP contribution in [0.25, 0.3) is 0 Å². The number of carbonyl (C=O) groups is 1. The molecule has 1 amide bonds. The minimum Gasteiger partial charge on any atom is -0.358 e. The minimum atomic E-state index is -0.786. The van der Waals surface area contributed by atoms with Crippen molar-refractivity contribution in [3.63, 3.8) is 0 Å². The van der Waals surface area contributed by atoms with E-state index in [0.717, 1.165) is 24.4 Å². The monoisotopic (exact) mass is 367 g/mol. The number of hydrogen-bond donors (Lipinski definition) is 2. The first-order valence-electron chi connectivity index (χ1n) is 6.49. The van der Waals surface area contributed by atoms with E-state index in [1.165, 1.54) is 12.1 Å². The highest BCUT2D eigenvalue weighted by Gasteiger charge is 2.13. The normalized spacial score (nSPS) is 10.9. The number of amides is 1. The van der Waals surface area contributed by atoms with E-state index in [1.54, 1.807) is 12.1 Å². The van der Waals surface area contributed by atoms with E-state index in [0.29, 0.717) is 0 Å². The zero-order valence-corrected chi connectivity index (χ0v) is 13.4. The molecule has 0 aliphatic carbocycles. The number of halogens is 4. The lowest BCUT2D eigenvalue weighted by Crippen LogP contribution is -2.15. The lowest BCUT2D eigenvalue weighted by molar-refractivity contribution is -0.112. The van der Waals surface area contributed by atoms with Gasteiger partial charge in [-0.3, -0.25) is 4.79 Å². The summed E-state index contributed by atoms with van der Waals surface area (Å²) in [7, 11) is 0. The SMILES string of the molecule is N#C/C(=C/Nc1cc(F)ccc1F)C(=O)Nc1cccc(Cl)c1Cl. The summed E-state index contributed by atoms with van der Waals surface area (Å²) in [6.07, 6.45) is 0.964. The molecule has 2 aromatic rings. The summed E-state index contributed by atoms with van der Waals surface area (Å²) in [5.41, 5.74) is -0.363. The van der Waals surface area contributed by atoms with Crippen LogP contribution in [0.3, 0.4) is 0 Å². The summed E-state index contributed by atoms with van der Waals surface area (Å²) in [6.45, 7) is 0. The second kappa shape index (κ2) is 7.77. The van der Waals surface area contributed by atoms with E-state index in [-0.39, 0.29) is 27.0 Å². The average Bonchev–Trinajstić information content (AvgIpc) is 2.55. The Bertz CT molecular complexity index is 863. The molecule has 0 heterocycles. The van der Waals surface area contributed by atoms with Gasteiger partial charge in [-0.05, 0) is 24.3 Å². The Hall–Kier alpha value is -2.62. The Labute approximate surface area is 146 Å². The number of benzene rings is 2. The fraction of sp³-hybridized carbons (Fsp3) is 0. The lowest BCUT2D eigenvalue weighted by atomic mass is 10.2. The van der Waals surface area contributed by atoms with Gasteiger partial charge in [-0.15, -0.1) is 0 Å². The van der Waals surface area contributed by atoms with Crippen LogP contribution in [0, 0.1) is 23.0 Å². The van der Waals surface area contributed by atoms with Gasteiger partial charge in [0.15, 0.2) is 0 Å². The molecule has 122 valence electrons. The Morgan fingerprint density at radius 3 is 2.62 bits per heavy atom. The highest BCUT2D eigenvalue weighted by molar-refractivity contribution is 6.44. The minimum absolute atomic E-state index is 0.119. The van der Waals surface area contributed by atoms with Crippen molar-refractivity contribution in [2.75, 3.05) is 10.6 Å². The van der Waals surface area contributed by atoms with Gasteiger partial charge in [-0.1, -0.05) is 29.3 Å². The molecule has 0 saturated carbocycles. The zero-order chi connectivity index (χ0) is 17.7. The van der Waals surface area contributed by atoms with Crippen molar-refractivity contribution in [3.8, 4) is 6.07 Å². The Morgan fingerprint density at radius 2 is 1.92 bits per heavy atom. The van der Waals surface area contributed by atoms with Gasteiger partial charge in [0.1, 0.15) is 23.3 Å². The predicted molar refractivity (Wildman–Crippen MR) is 88.8 cm³/mol. The number of nitriles is 1. The molecule has 2 rings (SSSR count). The summed E-state index contributed by atoms with van der Waals surface area (Å²) in [5.74, 6) is -2.19. The molecule has 2 N–H and O–H groups in total. The molecule has 0 radical (unpaired) electrons. The van der Waals surface area contributed by atoms with E-state index in [4.69, 9.17) is 28.5 Å². The smallest absolute Gasteiger partial charge is 0.267 e. The Morgan fingerprint density at radius 1 is 1.17 bits per heavy atom. The van der Waals surface area contributed by atoms with Crippen LogP contribution in [-0.4, -0.2) is 5.91 Å². The summed E-state index contributed by atoms with van der Waals surface area (Å²) in [6, 6.07) is 9.02. The van der Waals surface area contributed by atoms with E-state index < -0.39 is 17.5 Å². The van der Waals surface area contributed by atoms with Crippen LogP contribution in [0.2, 0.25) is 10.0 Å². The van der Waals surface area contributed by atoms with Crippen LogP contribution in [0.5, 0.6) is 0 Å². The number of carbonyl (C=O) groups excluding carboxylic acids is 1. The van der Waals surface area contributed by atoms with Crippen molar-refractivity contribution < 1.29 is 13.6 Å². The standard InChI is InChI=1S/C16H9Cl2F2N3O/c17-11-2-1-3-13(15(11)18)23-16(24)9(7-21)8-22-14-6-10(19)4-5-12(14)20/h1-6,8,22H,(H,23,24)/b9-8-. The molecular formula is C16H9Cl2F2N3O. The van der Waals surface area contributed by atoms with Gasteiger partial charge >= 0.3 is 0 Å². The Kier molecular flexibility index (Phi) is 5.74. The number of nitrogens with one attached hydrogen (secondary N) is 2. The third-order valence-electron chi connectivity index (χ3n) is 2.87. The molecule has 8 heteroatoms. The molecule has 0 atom stereocenters. The van der Waals surface area contributed by atoms with Crippen molar-refractivity contribution >= 4 is 40.5 Å². The number of rotatable bonds is 4. The zero-order valence-electron chi connectivity index (χ0n) is 11.9. The first-order chi connectivity index (χ1) is 11.4. The van der Waals surface area contributed by atoms with Crippen LogP contribution in [0.1, 0.15) is 0 Å². The fourth-order valence-corrected chi connectivity index (χ4v) is 2.04. The van der Waals surface area contributed by atoms with Crippen LogP contribution < -0.4 is 10.6 Å². The van der Waals surface area contributed by atoms with Crippen molar-refractivity contribution in [1.82, 2.24) is 0 Å². The van der Waals surface area contributed by atoms with Crippen molar-refractivity contribution in [3.05, 3.63) is 69.9 Å². The van der Waals surface area contributed by atoms with Gasteiger partial charge in [0.05, 0.1) is 21.4 Å². The average molecular weight is 368 g/mol. The fourth-order valence-electron chi connectivity index (χ4n) is 1.70. The molecule has 4 nitrogen and oxygen atoms in total. The van der Waals surface area contributed by atoms with Crippen molar-refractivity contribution in [2.45, 2.75) is 0 Å². The molecule has 0 bridgehead atoms. The second-order valence-corrected chi connectivity index (χ2v) is 5.28. The van der Waals surface area contributed by atoms with Gasteiger partial charge in [-0.2, -0.15) is 5.26 Å². The maximum Gasteiger partial charge on any atom is 0.267 e. The van der Waals surface area contributed by atoms with Gasteiger partial charge in [0.25, 0.3) is 5.91 Å². The molecular weight excluding hydrogens is 359 g/mol. The first kappa shape index (κ1) is 17.7. The van der Waals surface area contributed by atoms with E-state index in [1.807, 2.05) is 0 Å². The highest BCUT2D eigenvalue weighted by Crippen LogP contribution is 2.29. The highest BCUT2D eigenvalue weighted by atomic mass is 35.5. The molecule has 0 fully saturated rings. The van der Waals surface area contributed by atoms with Gasteiger partial charge in [0.2, 0.25) is 0 Å². The molecule has 2 aromatic carbocycles. The molecule has 0 aromatic heterocycles. The van der Waals surface area contributed by atoms with Crippen molar-refractivity contribution in [2.24, 2.45) is 0 Å². The molecule has 0 aliphatic heterocycles. The molecule has 0 saturated heterocycles. The second-order valence-electron chi connectivity index (χ2n) is 4.49. The summed E-state index contributed by atoms with van der Waals surface area (Å²) in [4.78, 5) is 12.1. The molecule has 0 unspecified atom stereocenters. The summed E-state index contributed by atoms with van der Waals surface area (Å²) in [5, 5.41) is 14.2. The van der Waals surface area contributed by atoms with Crippen LogP contribution in [0.15, 0.2) is 48.2 Å². The Balaban J connectivity index is 2.18. The molecule has 0 aliphatic rings. The first-order valence-corrected chi connectivity index (χ1v) is 7.25. The number of hydrogen-bond acceptors (Lipinski definition) is 3. The maximum absolute atomic E-state index is 13.5. The van der Waals surface area contributed by atoms with Crippen molar-refractivity contribution in [1.29, 1.82) is 5.26 Å². The maximum atomic E-state index is 13.5. The lowest BCUT2D eigenvalue weighted by Gasteiger charge is -2.08. The summed E-state index contributed by atoms with van der Waals surface area (Å²) >= 11 is 11.8. The third-order valence-corrected chi connectivity index (χ3v) is 3.68. The van der Waals surface area contributed by atoms with Crippen LogP contribution >= 0.6 is 23.2 Å². The molecule has 24 heavy (non-hydrogen) atoms. The van der Waals surface area contributed by atoms with E-state index in [2.05, 4.69) is 10.6 Å². The largest absolute Gasteiger partial charge is 0.358 e. The van der Waals surface area contributed by atoms with Gasteiger partial charge < -0.3 is 10.6 Å². The quantitative estimate of drug-likeness (QED) is 0.606. The van der Waals surface area contributed by atoms with Gasteiger partial charge in [0, 0.05) is 12.3 Å².